The van der Waals surface area contributed by atoms with Gasteiger partial charge in [0.05, 0.1) is 11.9 Å². The molecule has 130 valence electrons. The summed E-state index contributed by atoms with van der Waals surface area (Å²) in [5.74, 6) is -2.99. The van der Waals surface area contributed by atoms with Gasteiger partial charge in [0, 0.05) is 5.41 Å². The normalized spacial score (nSPS) is 10.6. The third-order valence-corrected chi connectivity index (χ3v) is 4.42. The number of hydrogen-bond acceptors (Lipinski definition) is 4. The Morgan fingerprint density at radius 1 is 0.625 bits per heavy atom. The molecule has 0 heterocycles. The molecule has 0 N–H and O–H groups in total. The molecule has 0 atom stereocenters. The summed E-state index contributed by atoms with van der Waals surface area (Å²) in [7, 11) is 0. The molecule has 0 saturated heterocycles. The zero-order valence-electron chi connectivity index (χ0n) is 16.3. The number of carbonyl (C=O) groups is 2. The van der Waals surface area contributed by atoms with Crippen LogP contribution in [0.5, 0.6) is 0 Å². The molecule has 0 bridgehead atoms. The number of carboxylic acid groups (broad SMARTS) is 2. The van der Waals surface area contributed by atoms with Gasteiger partial charge < -0.3 is 19.8 Å². The molecule has 0 amide bonds. The molecule has 0 saturated carbocycles. The maximum Gasteiger partial charge on any atom is 1.00 e. The molecule has 0 aliphatic heterocycles. The van der Waals surface area contributed by atoms with E-state index in [1.54, 1.807) is 6.92 Å². The third-order valence-electron chi connectivity index (χ3n) is 4.42. The minimum absolute atomic E-state index is 0. The first-order valence-corrected chi connectivity index (χ1v) is 8.94. The van der Waals surface area contributed by atoms with Crippen LogP contribution in [-0.2, 0) is 9.59 Å². The summed E-state index contributed by atoms with van der Waals surface area (Å²) in [6.07, 6.45) is 12.0. The van der Waals surface area contributed by atoms with Gasteiger partial charge in [-0.05, 0) is 12.8 Å². The molecule has 0 radical (unpaired) electrons. The van der Waals surface area contributed by atoms with Gasteiger partial charge in [0.1, 0.15) is 0 Å². The summed E-state index contributed by atoms with van der Waals surface area (Å²) >= 11 is 0. The van der Waals surface area contributed by atoms with Gasteiger partial charge in [0.25, 0.3) is 0 Å². The van der Waals surface area contributed by atoms with Crippen molar-refractivity contribution >= 4 is 11.9 Å². The third kappa shape index (κ3) is 13.4. The van der Waals surface area contributed by atoms with Crippen LogP contribution < -0.4 is 113 Å². The van der Waals surface area contributed by atoms with Crippen LogP contribution in [0.15, 0.2) is 0 Å². The molecule has 0 rings (SSSR count). The Balaban J connectivity index is -0.00000220. The number of carboxylic acids is 2. The maximum atomic E-state index is 11.2. The Kier molecular flexibility index (Phi) is 25.7. The number of unbranched alkanes of at least 4 members (excludes halogenated alkanes) is 9. The van der Waals surface area contributed by atoms with E-state index in [0.717, 1.165) is 19.3 Å². The summed E-state index contributed by atoms with van der Waals surface area (Å²) in [4.78, 5) is 22.4. The monoisotopic (exact) mass is 390 g/mol. The standard InChI is InChI=1S/C18H34O4.2K/c1-3-5-6-7-8-9-10-11-12-13-15-18(14-4-2,16(19)20)17(21)22;;/h3-15H2,1-2H3,(H,19,20)(H,21,22);;/q;2*+1/p-2. The van der Waals surface area contributed by atoms with E-state index in [2.05, 4.69) is 6.92 Å². The molecule has 0 aromatic carbocycles. The SMILES string of the molecule is CCCCCCCCCCCCC(CCC)(C(=O)[O-])C(=O)[O-].[K+].[K+]. The second-order valence-corrected chi connectivity index (χ2v) is 6.34. The van der Waals surface area contributed by atoms with E-state index in [9.17, 15) is 19.8 Å². The van der Waals surface area contributed by atoms with Gasteiger partial charge in [-0.15, -0.1) is 0 Å². The van der Waals surface area contributed by atoms with Crippen molar-refractivity contribution in [1.29, 1.82) is 0 Å². The molecule has 4 nitrogen and oxygen atoms in total. The van der Waals surface area contributed by atoms with E-state index in [4.69, 9.17) is 0 Å². The first-order chi connectivity index (χ1) is 10.5. The molecule has 0 fully saturated rings. The molecule has 6 heteroatoms. The van der Waals surface area contributed by atoms with Crippen molar-refractivity contribution < 1.29 is 123 Å². The number of carbonyl (C=O) groups excluding carboxylic acids is 2. The van der Waals surface area contributed by atoms with E-state index >= 15 is 0 Å². The van der Waals surface area contributed by atoms with Crippen LogP contribution in [0, 0.1) is 5.41 Å². The van der Waals surface area contributed by atoms with Gasteiger partial charge in [-0.2, -0.15) is 0 Å². The Bertz CT molecular complexity index is 308. The Labute approximate surface area is 233 Å². The minimum atomic E-state index is -1.80. The quantitative estimate of drug-likeness (QED) is 0.166. The van der Waals surface area contributed by atoms with Crippen LogP contribution in [-0.4, -0.2) is 11.9 Å². The van der Waals surface area contributed by atoms with Crippen LogP contribution in [0.1, 0.15) is 97.3 Å². The van der Waals surface area contributed by atoms with Crippen molar-refractivity contribution in [2.45, 2.75) is 97.3 Å². The first-order valence-electron chi connectivity index (χ1n) is 8.94. The smallest absolute Gasteiger partial charge is 0.549 e. The predicted octanol–water partition coefficient (Wildman–Crippen LogP) is -3.41. The fourth-order valence-electron chi connectivity index (χ4n) is 2.96. The molecule has 0 unspecified atom stereocenters. The van der Waals surface area contributed by atoms with Gasteiger partial charge >= 0.3 is 103 Å². The summed E-state index contributed by atoms with van der Waals surface area (Å²) in [6.45, 7) is 3.98. The zero-order chi connectivity index (χ0) is 16.8. The van der Waals surface area contributed by atoms with Crippen molar-refractivity contribution in [3.63, 3.8) is 0 Å². The molecule has 0 aliphatic carbocycles. The van der Waals surface area contributed by atoms with Crippen molar-refractivity contribution in [2.75, 3.05) is 0 Å². The average Bonchev–Trinajstić information content (AvgIpc) is 2.47. The van der Waals surface area contributed by atoms with Crippen LogP contribution in [0.4, 0.5) is 0 Å². The largest absolute Gasteiger partial charge is 1.00 e. The van der Waals surface area contributed by atoms with Crippen LogP contribution in [0.3, 0.4) is 0 Å². The second kappa shape index (κ2) is 20.0. The minimum Gasteiger partial charge on any atom is -0.549 e. The van der Waals surface area contributed by atoms with E-state index in [1.807, 2.05) is 0 Å². The van der Waals surface area contributed by atoms with E-state index < -0.39 is 17.4 Å². The maximum absolute atomic E-state index is 11.2. The van der Waals surface area contributed by atoms with Gasteiger partial charge in [-0.3, -0.25) is 0 Å². The van der Waals surface area contributed by atoms with Crippen molar-refractivity contribution in [3.8, 4) is 0 Å². The number of aliphatic carboxylic acids is 2. The molecule has 0 spiro atoms. The number of hydrogen-bond donors (Lipinski definition) is 0. The van der Waals surface area contributed by atoms with Crippen LogP contribution >= 0.6 is 0 Å². The Morgan fingerprint density at radius 2 is 1.00 bits per heavy atom. The fraction of sp³-hybridized carbons (Fsp3) is 0.889. The summed E-state index contributed by atoms with van der Waals surface area (Å²) in [5, 5.41) is 22.4. The molecule has 0 aliphatic rings. The van der Waals surface area contributed by atoms with Gasteiger partial charge in [-0.1, -0.05) is 84.5 Å². The Hall–Kier alpha value is 2.21. The van der Waals surface area contributed by atoms with Crippen molar-refractivity contribution in [2.24, 2.45) is 5.41 Å². The molecule has 0 aromatic heterocycles. The summed E-state index contributed by atoms with van der Waals surface area (Å²) in [6, 6.07) is 0. The summed E-state index contributed by atoms with van der Waals surface area (Å²) in [5.41, 5.74) is -1.80. The van der Waals surface area contributed by atoms with E-state index in [0.29, 0.717) is 12.8 Å². The average molecular weight is 391 g/mol. The first kappa shape index (κ1) is 30.9. The van der Waals surface area contributed by atoms with E-state index in [-0.39, 0.29) is 116 Å². The van der Waals surface area contributed by atoms with Gasteiger partial charge in [0.2, 0.25) is 0 Å². The van der Waals surface area contributed by atoms with Crippen molar-refractivity contribution in [1.82, 2.24) is 0 Å². The second-order valence-electron chi connectivity index (χ2n) is 6.34. The molecule has 0 aromatic rings. The van der Waals surface area contributed by atoms with Gasteiger partial charge in [-0.25, -0.2) is 0 Å². The fourth-order valence-corrected chi connectivity index (χ4v) is 2.96. The molecular weight excluding hydrogens is 358 g/mol. The Morgan fingerprint density at radius 3 is 1.33 bits per heavy atom. The summed E-state index contributed by atoms with van der Waals surface area (Å²) < 4.78 is 0. The van der Waals surface area contributed by atoms with E-state index in [1.165, 1.54) is 38.5 Å². The molecular formula is C18H32K2O4. The molecule has 24 heavy (non-hydrogen) atoms. The van der Waals surface area contributed by atoms with Crippen LogP contribution in [0.25, 0.3) is 0 Å². The van der Waals surface area contributed by atoms with Gasteiger partial charge in [0.15, 0.2) is 0 Å². The number of rotatable bonds is 15. The van der Waals surface area contributed by atoms with Crippen molar-refractivity contribution in [3.05, 3.63) is 0 Å². The zero-order valence-corrected chi connectivity index (χ0v) is 22.6. The van der Waals surface area contributed by atoms with Crippen LogP contribution in [0.2, 0.25) is 0 Å². The topological polar surface area (TPSA) is 80.3 Å². The predicted molar refractivity (Wildman–Crippen MR) is 83.8 cm³/mol.